The molecule has 0 unspecified atom stereocenters. The van der Waals surface area contributed by atoms with Crippen LogP contribution in [0.5, 0.6) is 0 Å². The molecule has 2 aliphatic rings. The predicted octanol–water partition coefficient (Wildman–Crippen LogP) is 1.60. The van der Waals surface area contributed by atoms with E-state index in [1.165, 1.54) is 45.2 Å². The van der Waals surface area contributed by atoms with Crippen molar-refractivity contribution < 1.29 is 0 Å². The molecule has 1 aliphatic carbocycles. The van der Waals surface area contributed by atoms with Gasteiger partial charge in [0.2, 0.25) is 0 Å². The standard InChI is InChI=1S/C11H22N2/c1-10-3-7-13(8-4-10)9-11(12)5-2-6-11/h10H,2-9,12H2,1H3. The summed E-state index contributed by atoms with van der Waals surface area (Å²) in [6, 6.07) is 0. The van der Waals surface area contributed by atoms with Crippen LogP contribution < -0.4 is 5.73 Å². The van der Waals surface area contributed by atoms with Crippen molar-refractivity contribution in [3.05, 3.63) is 0 Å². The molecule has 0 aromatic heterocycles. The van der Waals surface area contributed by atoms with Gasteiger partial charge in [-0.05, 0) is 51.1 Å². The van der Waals surface area contributed by atoms with Gasteiger partial charge in [0.05, 0.1) is 0 Å². The first-order valence-electron chi connectivity index (χ1n) is 5.69. The minimum Gasteiger partial charge on any atom is -0.324 e. The van der Waals surface area contributed by atoms with E-state index in [2.05, 4.69) is 11.8 Å². The van der Waals surface area contributed by atoms with Gasteiger partial charge in [0.15, 0.2) is 0 Å². The number of piperidine rings is 1. The van der Waals surface area contributed by atoms with Crippen LogP contribution in [0.2, 0.25) is 0 Å². The average Bonchev–Trinajstić information content (AvgIpc) is 2.06. The van der Waals surface area contributed by atoms with Crippen LogP contribution in [0, 0.1) is 5.92 Å². The largest absolute Gasteiger partial charge is 0.324 e. The molecule has 2 rings (SSSR count). The second-order valence-electron chi connectivity index (χ2n) is 5.17. The molecule has 1 heterocycles. The highest BCUT2D eigenvalue weighted by molar-refractivity contribution is 4.95. The fourth-order valence-electron chi connectivity index (χ4n) is 2.45. The van der Waals surface area contributed by atoms with E-state index in [0.717, 1.165) is 12.5 Å². The van der Waals surface area contributed by atoms with Gasteiger partial charge in [-0.3, -0.25) is 0 Å². The maximum atomic E-state index is 6.23. The molecule has 1 aliphatic heterocycles. The first-order valence-corrected chi connectivity index (χ1v) is 5.69. The van der Waals surface area contributed by atoms with Crippen molar-refractivity contribution in [1.82, 2.24) is 4.90 Å². The molecule has 0 radical (unpaired) electrons. The van der Waals surface area contributed by atoms with Gasteiger partial charge in [0, 0.05) is 12.1 Å². The maximum Gasteiger partial charge on any atom is 0.0283 e. The molecule has 1 saturated carbocycles. The SMILES string of the molecule is CC1CCN(CC2(N)CCC2)CC1. The number of nitrogens with two attached hydrogens (primary N) is 1. The second-order valence-corrected chi connectivity index (χ2v) is 5.17. The fourth-order valence-corrected chi connectivity index (χ4v) is 2.45. The van der Waals surface area contributed by atoms with E-state index in [0.29, 0.717) is 0 Å². The Morgan fingerprint density at radius 3 is 2.38 bits per heavy atom. The van der Waals surface area contributed by atoms with Crippen molar-refractivity contribution >= 4 is 0 Å². The van der Waals surface area contributed by atoms with Crippen molar-refractivity contribution in [3.8, 4) is 0 Å². The Kier molecular flexibility index (Phi) is 2.61. The summed E-state index contributed by atoms with van der Waals surface area (Å²) < 4.78 is 0. The lowest BCUT2D eigenvalue weighted by Gasteiger charge is -2.43. The van der Waals surface area contributed by atoms with Crippen molar-refractivity contribution in [1.29, 1.82) is 0 Å². The second kappa shape index (κ2) is 3.58. The number of likely N-dealkylation sites (tertiary alicyclic amines) is 1. The first kappa shape index (κ1) is 9.47. The molecular weight excluding hydrogens is 160 g/mol. The molecule has 0 aromatic rings. The summed E-state index contributed by atoms with van der Waals surface area (Å²) in [5.74, 6) is 0.936. The third kappa shape index (κ3) is 2.23. The lowest BCUT2D eigenvalue weighted by molar-refractivity contribution is 0.113. The molecule has 0 amide bonds. The van der Waals surface area contributed by atoms with Crippen LogP contribution in [0.15, 0.2) is 0 Å². The summed E-state index contributed by atoms with van der Waals surface area (Å²) >= 11 is 0. The van der Waals surface area contributed by atoms with Gasteiger partial charge in [0.25, 0.3) is 0 Å². The van der Waals surface area contributed by atoms with Crippen LogP contribution in [0.25, 0.3) is 0 Å². The zero-order valence-electron chi connectivity index (χ0n) is 8.76. The smallest absolute Gasteiger partial charge is 0.0283 e. The van der Waals surface area contributed by atoms with Gasteiger partial charge >= 0.3 is 0 Å². The van der Waals surface area contributed by atoms with Gasteiger partial charge in [-0.1, -0.05) is 6.92 Å². The molecule has 13 heavy (non-hydrogen) atoms. The third-order valence-electron chi connectivity index (χ3n) is 3.76. The molecule has 2 fully saturated rings. The van der Waals surface area contributed by atoms with Crippen molar-refractivity contribution in [2.24, 2.45) is 11.7 Å². The van der Waals surface area contributed by atoms with Gasteiger partial charge in [0.1, 0.15) is 0 Å². The minimum absolute atomic E-state index is 0.195. The molecule has 0 bridgehead atoms. The average molecular weight is 182 g/mol. The summed E-state index contributed by atoms with van der Waals surface area (Å²) in [6.45, 7) is 6.07. The molecular formula is C11H22N2. The molecule has 0 atom stereocenters. The predicted molar refractivity (Wildman–Crippen MR) is 55.6 cm³/mol. The lowest BCUT2D eigenvalue weighted by atomic mass is 9.77. The van der Waals surface area contributed by atoms with E-state index in [-0.39, 0.29) is 5.54 Å². The molecule has 76 valence electrons. The van der Waals surface area contributed by atoms with Crippen LogP contribution >= 0.6 is 0 Å². The maximum absolute atomic E-state index is 6.23. The Morgan fingerprint density at radius 1 is 1.31 bits per heavy atom. The van der Waals surface area contributed by atoms with E-state index in [1.807, 2.05) is 0 Å². The highest BCUT2D eigenvalue weighted by Crippen LogP contribution is 2.30. The summed E-state index contributed by atoms with van der Waals surface area (Å²) in [5.41, 5.74) is 6.42. The van der Waals surface area contributed by atoms with Gasteiger partial charge in [-0.15, -0.1) is 0 Å². The number of hydrogen-bond donors (Lipinski definition) is 1. The van der Waals surface area contributed by atoms with Crippen LogP contribution in [-0.4, -0.2) is 30.1 Å². The number of hydrogen-bond acceptors (Lipinski definition) is 2. The van der Waals surface area contributed by atoms with E-state index in [4.69, 9.17) is 5.73 Å². The van der Waals surface area contributed by atoms with Crippen LogP contribution in [0.1, 0.15) is 39.0 Å². The van der Waals surface area contributed by atoms with Gasteiger partial charge in [-0.25, -0.2) is 0 Å². The Hall–Kier alpha value is -0.0800. The zero-order chi connectivity index (χ0) is 9.31. The normalized spacial score (nSPS) is 30.0. The van der Waals surface area contributed by atoms with Crippen LogP contribution in [0.4, 0.5) is 0 Å². The molecule has 0 spiro atoms. The molecule has 0 aromatic carbocycles. The summed E-state index contributed by atoms with van der Waals surface area (Å²) in [5, 5.41) is 0. The Balaban J connectivity index is 1.76. The van der Waals surface area contributed by atoms with E-state index in [9.17, 15) is 0 Å². The molecule has 2 nitrogen and oxygen atoms in total. The Labute approximate surface area is 81.5 Å². The molecule has 2 N–H and O–H groups in total. The summed E-state index contributed by atoms with van der Waals surface area (Å²) in [6.07, 6.45) is 6.59. The Morgan fingerprint density at radius 2 is 1.92 bits per heavy atom. The fraction of sp³-hybridized carbons (Fsp3) is 1.00. The number of rotatable bonds is 2. The highest BCUT2D eigenvalue weighted by Gasteiger charge is 2.34. The quantitative estimate of drug-likeness (QED) is 0.703. The van der Waals surface area contributed by atoms with Crippen molar-refractivity contribution in [3.63, 3.8) is 0 Å². The van der Waals surface area contributed by atoms with Gasteiger partial charge in [-0.2, -0.15) is 0 Å². The monoisotopic (exact) mass is 182 g/mol. The number of nitrogens with zero attached hydrogens (tertiary/aromatic N) is 1. The van der Waals surface area contributed by atoms with Crippen LogP contribution in [-0.2, 0) is 0 Å². The minimum atomic E-state index is 0.195. The first-order chi connectivity index (χ1) is 6.18. The highest BCUT2D eigenvalue weighted by atomic mass is 15.2. The van der Waals surface area contributed by atoms with Crippen molar-refractivity contribution in [2.45, 2.75) is 44.6 Å². The van der Waals surface area contributed by atoms with Gasteiger partial charge < -0.3 is 10.6 Å². The lowest BCUT2D eigenvalue weighted by Crippen LogP contribution is -2.56. The third-order valence-corrected chi connectivity index (χ3v) is 3.76. The van der Waals surface area contributed by atoms with E-state index in [1.54, 1.807) is 0 Å². The topological polar surface area (TPSA) is 29.3 Å². The Bertz CT molecular complexity index is 167. The summed E-state index contributed by atoms with van der Waals surface area (Å²) in [7, 11) is 0. The zero-order valence-corrected chi connectivity index (χ0v) is 8.76. The van der Waals surface area contributed by atoms with E-state index < -0.39 is 0 Å². The molecule has 2 heteroatoms. The summed E-state index contributed by atoms with van der Waals surface area (Å²) in [4.78, 5) is 2.57. The van der Waals surface area contributed by atoms with Crippen LogP contribution in [0.3, 0.4) is 0 Å². The van der Waals surface area contributed by atoms with Crippen molar-refractivity contribution in [2.75, 3.05) is 19.6 Å². The van der Waals surface area contributed by atoms with E-state index >= 15 is 0 Å². The molecule has 1 saturated heterocycles.